The molecule has 0 spiro atoms. The van der Waals surface area contributed by atoms with Crippen LogP contribution < -0.4 is 5.11 Å². The predicted octanol–water partition coefficient (Wildman–Crippen LogP) is 15.7. The van der Waals surface area contributed by atoms with E-state index in [9.17, 15) is 19.5 Å². The van der Waals surface area contributed by atoms with Gasteiger partial charge in [-0.25, -0.2) is 0 Å². The summed E-state index contributed by atoms with van der Waals surface area (Å²) in [7, 11) is 5.88. The van der Waals surface area contributed by atoms with Gasteiger partial charge < -0.3 is 33.3 Å². The number of rotatable bonds is 50. The molecule has 9 nitrogen and oxygen atoms in total. The lowest BCUT2D eigenvalue weighted by atomic mass is 10.1. The largest absolute Gasteiger partial charge is 0.545 e. The maximum atomic E-state index is 12.8. The van der Waals surface area contributed by atoms with Crippen LogP contribution in [0.3, 0.4) is 0 Å². The van der Waals surface area contributed by atoms with Gasteiger partial charge >= 0.3 is 11.9 Å². The molecule has 0 amide bonds. The number of carboxylic acid groups (broad SMARTS) is 1. The molecule has 75 heavy (non-hydrogen) atoms. The van der Waals surface area contributed by atoms with Gasteiger partial charge in [0.2, 0.25) is 0 Å². The highest BCUT2D eigenvalue weighted by atomic mass is 16.7. The summed E-state index contributed by atoms with van der Waals surface area (Å²) in [5.41, 5.74) is 0. The summed E-state index contributed by atoms with van der Waals surface area (Å²) in [6.45, 7) is 4.38. The molecule has 0 rings (SSSR count). The van der Waals surface area contributed by atoms with E-state index in [1.807, 2.05) is 33.3 Å². The Morgan fingerprint density at radius 3 is 1.12 bits per heavy atom. The van der Waals surface area contributed by atoms with Gasteiger partial charge in [-0.05, 0) is 109 Å². The summed E-state index contributed by atoms with van der Waals surface area (Å²) in [6, 6.07) is 0. The monoisotopic (exact) mass is 1040 g/mol. The molecule has 0 bridgehead atoms. The Kier molecular flexibility index (Phi) is 51.4. The third kappa shape index (κ3) is 56.5. The number of carbonyl (C=O) groups excluding carboxylic acids is 3. The molecule has 0 aromatic carbocycles. The normalized spacial score (nSPS) is 14.0. The second-order valence-electron chi connectivity index (χ2n) is 19.5. The van der Waals surface area contributed by atoms with Gasteiger partial charge in [0.25, 0.3) is 0 Å². The molecule has 0 heterocycles. The number of ether oxygens (including phenoxy) is 4. The Labute approximate surface area is 457 Å². The minimum Gasteiger partial charge on any atom is -0.545 e. The molecular formula is C66H103NO8. The van der Waals surface area contributed by atoms with Crippen LogP contribution in [0.4, 0.5) is 0 Å². The second-order valence-corrected chi connectivity index (χ2v) is 19.5. The molecule has 0 radical (unpaired) electrons. The Morgan fingerprint density at radius 2 is 0.747 bits per heavy atom. The van der Waals surface area contributed by atoms with E-state index >= 15 is 0 Å². The smallest absolute Gasteiger partial charge is 0.306 e. The van der Waals surface area contributed by atoms with E-state index in [2.05, 4.69) is 160 Å². The van der Waals surface area contributed by atoms with Crippen LogP contribution in [0.5, 0.6) is 0 Å². The fourth-order valence-corrected chi connectivity index (χ4v) is 6.95. The molecule has 2 unspecified atom stereocenters. The highest BCUT2D eigenvalue weighted by Crippen LogP contribution is 2.13. The Hall–Kier alpha value is -5.09. The fraction of sp³-hybridized carbons (Fsp3) is 0.561. The lowest BCUT2D eigenvalue weighted by molar-refractivity contribution is -0.870. The first-order valence-electron chi connectivity index (χ1n) is 28.6. The lowest BCUT2D eigenvalue weighted by Crippen LogP contribution is -2.44. The molecule has 0 aliphatic heterocycles. The molecule has 0 aromatic heterocycles. The van der Waals surface area contributed by atoms with E-state index < -0.39 is 30.3 Å². The first-order valence-corrected chi connectivity index (χ1v) is 28.6. The van der Waals surface area contributed by atoms with Crippen LogP contribution in [-0.4, -0.2) is 82.3 Å². The molecule has 0 saturated heterocycles. The van der Waals surface area contributed by atoms with Crippen molar-refractivity contribution in [2.24, 2.45) is 0 Å². The van der Waals surface area contributed by atoms with E-state index in [1.54, 1.807) is 0 Å². The van der Waals surface area contributed by atoms with E-state index in [0.717, 1.165) is 109 Å². The van der Waals surface area contributed by atoms with E-state index in [-0.39, 0.29) is 32.7 Å². The molecule has 0 fully saturated rings. The molecular weight excluding hydrogens is 935 g/mol. The highest BCUT2D eigenvalue weighted by Gasteiger charge is 2.21. The van der Waals surface area contributed by atoms with Gasteiger partial charge in [0.15, 0.2) is 12.4 Å². The number of hydrogen-bond donors (Lipinski definition) is 0. The van der Waals surface area contributed by atoms with Crippen molar-refractivity contribution in [2.45, 2.75) is 193 Å². The number of unbranched alkanes of at least 4 members (excludes halogenated alkanes) is 9. The average Bonchev–Trinajstić information content (AvgIpc) is 3.38. The van der Waals surface area contributed by atoms with Gasteiger partial charge in [0, 0.05) is 12.8 Å². The van der Waals surface area contributed by atoms with Crippen molar-refractivity contribution in [3.63, 3.8) is 0 Å². The molecule has 9 heteroatoms. The van der Waals surface area contributed by atoms with Gasteiger partial charge in [0.1, 0.15) is 13.2 Å². The maximum absolute atomic E-state index is 12.8. The summed E-state index contributed by atoms with van der Waals surface area (Å²) < 4.78 is 22.5. The van der Waals surface area contributed by atoms with Crippen LogP contribution in [0.15, 0.2) is 158 Å². The number of esters is 2. The van der Waals surface area contributed by atoms with Crippen LogP contribution >= 0.6 is 0 Å². The third-order valence-corrected chi connectivity index (χ3v) is 11.3. The number of quaternary nitrogens is 1. The number of hydrogen-bond acceptors (Lipinski definition) is 8. The van der Waals surface area contributed by atoms with Crippen LogP contribution in [0.1, 0.15) is 181 Å². The zero-order valence-electron chi connectivity index (χ0n) is 47.6. The second kappa shape index (κ2) is 55.2. The van der Waals surface area contributed by atoms with Gasteiger partial charge in [-0.3, -0.25) is 9.59 Å². The maximum Gasteiger partial charge on any atom is 0.306 e. The molecule has 0 aliphatic carbocycles. The number of allylic oxidation sites excluding steroid dienone is 26. The number of carboxylic acids is 1. The SMILES string of the molecule is CC/C=C\C/C=C\C/C=C\C/C=C\C/C=C\C/C=C\C/C=C\C/C=C\C/C=C\CCCCCCCCCCCC(=O)OC(COC(=O)CC/C=C\C/C=C\C/C=C\C/C=C\CC)COC(OCC[N+](C)(C)C)C(=O)[O-]. The average molecular weight is 1040 g/mol. The van der Waals surface area contributed by atoms with Crippen molar-refractivity contribution >= 4 is 17.9 Å². The quantitative estimate of drug-likeness (QED) is 0.0195. The van der Waals surface area contributed by atoms with Crippen molar-refractivity contribution in [1.29, 1.82) is 0 Å². The van der Waals surface area contributed by atoms with Crippen molar-refractivity contribution < 1.29 is 42.9 Å². The molecule has 2 atom stereocenters. The van der Waals surface area contributed by atoms with Crippen LogP contribution in [0.2, 0.25) is 0 Å². The molecule has 0 saturated carbocycles. The summed E-state index contributed by atoms with van der Waals surface area (Å²) in [5, 5.41) is 11.7. The number of carbonyl (C=O) groups is 3. The number of likely N-dealkylation sites (N-methyl/N-ethyl adjacent to an activating group) is 1. The third-order valence-electron chi connectivity index (χ3n) is 11.3. The van der Waals surface area contributed by atoms with Crippen LogP contribution in [0, 0.1) is 0 Å². The Morgan fingerprint density at radius 1 is 0.400 bits per heavy atom. The van der Waals surface area contributed by atoms with Gasteiger partial charge in [-0.2, -0.15) is 0 Å². The van der Waals surface area contributed by atoms with Crippen molar-refractivity contribution in [2.75, 3.05) is 47.5 Å². The number of aliphatic carboxylic acids is 1. The zero-order chi connectivity index (χ0) is 54.8. The van der Waals surface area contributed by atoms with Crippen molar-refractivity contribution in [3.8, 4) is 0 Å². The Balaban J connectivity index is 4.24. The van der Waals surface area contributed by atoms with E-state index in [1.165, 1.54) is 32.1 Å². The summed E-state index contributed by atoms with van der Waals surface area (Å²) in [5.74, 6) is -2.42. The van der Waals surface area contributed by atoms with Crippen LogP contribution in [-0.2, 0) is 33.3 Å². The minimum absolute atomic E-state index is 0.127. The van der Waals surface area contributed by atoms with Gasteiger partial charge in [0.05, 0.1) is 40.3 Å². The topological polar surface area (TPSA) is 111 Å². The van der Waals surface area contributed by atoms with Gasteiger partial charge in [-0.1, -0.05) is 217 Å². The highest BCUT2D eigenvalue weighted by molar-refractivity contribution is 5.70. The lowest BCUT2D eigenvalue weighted by Gasteiger charge is -2.26. The predicted molar refractivity (Wildman–Crippen MR) is 315 cm³/mol. The van der Waals surface area contributed by atoms with Crippen LogP contribution in [0.25, 0.3) is 0 Å². The zero-order valence-corrected chi connectivity index (χ0v) is 47.6. The summed E-state index contributed by atoms with van der Waals surface area (Å²) in [4.78, 5) is 37.1. The van der Waals surface area contributed by atoms with E-state index in [4.69, 9.17) is 18.9 Å². The minimum atomic E-state index is -1.65. The molecule has 0 aliphatic rings. The summed E-state index contributed by atoms with van der Waals surface area (Å²) >= 11 is 0. The molecule has 0 N–H and O–H groups in total. The van der Waals surface area contributed by atoms with Crippen molar-refractivity contribution in [1.82, 2.24) is 0 Å². The fourth-order valence-electron chi connectivity index (χ4n) is 6.95. The standard InChI is InChI=1S/C66H103NO8/c1-6-8-10-12-14-16-18-20-21-22-23-24-25-26-27-28-29-30-31-32-33-34-35-36-37-38-39-40-41-42-43-45-47-49-51-53-55-57-64(69)75-62(61-74-66(65(70)71)72-59-58-67(3,4)5)60-73-63(68)56-54-52-50-48-46-44-19-17-15-13-11-9-7-2/h8-11,14-17,20-21,23-24,26-27,29-30,32-33,35-36,38-39,44,46,50,52,62,66H,6-7,12-13,18-19,22,25,28,31,34,37,40-43,45,47-49,51,53-61H2,1-5H3/b10-8-,11-9-,16-14-,17-15-,21-20-,24-23-,27-26-,30-29-,33-32-,36-35-,39-38-,46-44-,52-50-. The molecule has 0 aromatic rings. The Bertz CT molecular complexity index is 1780. The molecule has 420 valence electrons. The van der Waals surface area contributed by atoms with Gasteiger partial charge in [-0.15, -0.1) is 0 Å². The first-order chi connectivity index (χ1) is 36.6. The first kappa shape index (κ1) is 69.9. The van der Waals surface area contributed by atoms with Crippen molar-refractivity contribution in [3.05, 3.63) is 158 Å². The summed E-state index contributed by atoms with van der Waals surface area (Å²) in [6.07, 6.45) is 78.9. The van der Waals surface area contributed by atoms with E-state index in [0.29, 0.717) is 23.9 Å². The number of nitrogens with zero attached hydrogens (tertiary/aromatic N) is 1.